The van der Waals surface area contributed by atoms with E-state index in [1.807, 2.05) is 11.8 Å². The van der Waals surface area contributed by atoms with Gasteiger partial charge in [-0.05, 0) is 36.6 Å². The van der Waals surface area contributed by atoms with Crippen molar-refractivity contribution < 1.29 is 0 Å². The molecule has 0 aliphatic rings. The van der Waals surface area contributed by atoms with E-state index in [0.717, 1.165) is 13.1 Å². The molecule has 1 rings (SSSR count). The van der Waals surface area contributed by atoms with E-state index in [2.05, 4.69) is 67.1 Å². The maximum atomic E-state index is 3.57. The molecule has 1 N–H and O–H groups in total. The van der Waals surface area contributed by atoms with Crippen molar-refractivity contribution in [2.75, 3.05) is 6.54 Å². The lowest BCUT2D eigenvalue weighted by atomic mass is 10.2. The first-order chi connectivity index (χ1) is 8.54. The van der Waals surface area contributed by atoms with Crippen LogP contribution in [0.2, 0.25) is 0 Å². The lowest BCUT2D eigenvalue weighted by Crippen LogP contribution is -2.15. The van der Waals surface area contributed by atoms with Crippen LogP contribution in [0.15, 0.2) is 27.6 Å². The zero-order chi connectivity index (χ0) is 13.5. The van der Waals surface area contributed by atoms with E-state index in [4.69, 9.17) is 0 Å². The van der Waals surface area contributed by atoms with Gasteiger partial charge in [0.15, 0.2) is 0 Å². The van der Waals surface area contributed by atoms with Crippen molar-refractivity contribution in [1.29, 1.82) is 0 Å². The van der Waals surface area contributed by atoms with Crippen LogP contribution < -0.4 is 5.32 Å². The first-order valence-electron chi connectivity index (χ1n) is 6.70. The molecule has 1 nitrogen and oxygen atoms in total. The van der Waals surface area contributed by atoms with E-state index >= 15 is 0 Å². The largest absolute Gasteiger partial charge is 0.313 e. The summed E-state index contributed by atoms with van der Waals surface area (Å²) in [5.74, 6) is 0.699. The Hall–Kier alpha value is 0.01000. The fourth-order valence-electron chi connectivity index (χ4n) is 1.52. The zero-order valence-electron chi connectivity index (χ0n) is 11.8. The molecule has 0 bridgehead atoms. The Morgan fingerprint density at radius 3 is 2.61 bits per heavy atom. The molecule has 1 aromatic rings. The van der Waals surface area contributed by atoms with E-state index in [1.54, 1.807) is 0 Å². The number of hydrogen-bond donors (Lipinski definition) is 1. The van der Waals surface area contributed by atoms with Gasteiger partial charge in [0.25, 0.3) is 0 Å². The van der Waals surface area contributed by atoms with Crippen LogP contribution in [0.4, 0.5) is 0 Å². The SMILES string of the molecule is CCCNCc1ccc(Br)cc1SC(C)C(C)C. The van der Waals surface area contributed by atoms with Crippen LogP contribution in [-0.2, 0) is 6.54 Å². The Bertz CT molecular complexity index is 366. The average molecular weight is 330 g/mol. The number of rotatable bonds is 7. The van der Waals surface area contributed by atoms with Gasteiger partial charge in [-0.3, -0.25) is 0 Å². The Labute approximate surface area is 124 Å². The normalized spacial score (nSPS) is 13.0. The highest BCUT2D eigenvalue weighted by atomic mass is 79.9. The van der Waals surface area contributed by atoms with Gasteiger partial charge >= 0.3 is 0 Å². The molecule has 1 unspecified atom stereocenters. The van der Waals surface area contributed by atoms with E-state index in [0.29, 0.717) is 11.2 Å². The molecule has 0 saturated heterocycles. The number of nitrogens with one attached hydrogen (secondary N) is 1. The Morgan fingerprint density at radius 1 is 1.28 bits per heavy atom. The summed E-state index contributed by atoms with van der Waals surface area (Å²) >= 11 is 5.55. The van der Waals surface area contributed by atoms with Crippen molar-refractivity contribution >= 4 is 27.7 Å². The first-order valence-corrected chi connectivity index (χ1v) is 8.37. The van der Waals surface area contributed by atoms with Gasteiger partial charge in [-0.25, -0.2) is 0 Å². The third-order valence-corrected chi connectivity index (χ3v) is 5.07. The molecule has 0 fully saturated rings. The number of halogens is 1. The van der Waals surface area contributed by atoms with Gasteiger partial charge in [0.2, 0.25) is 0 Å². The highest BCUT2D eigenvalue weighted by Crippen LogP contribution is 2.32. The fraction of sp³-hybridized carbons (Fsp3) is 0.600. The molecule has 1 aromatic carbocycles. The summed E-state index contributed by atoms with van der Waals surface area (Å²) in [5.41, 5.74) is 1.41. The standard InChI is InChI=1S/C15H24BrNS/c1-5-8-17-10-13-6-7-14(16)9-15(13)18-12(4)11(2)3/h6-7,9,11-12,17H,5,8,10H2,1-4H3. The summed E-state index contributed by atoms with van der Waals surface area (Å²) in [6.07, 6.45) is 1.18. The number of thioether (sulfide) groups is 1. The lowest BCUT2D eigenvalue weighted by molar-refractivity contribution is 0.640. The molecule has 0 spiro atoms. The first kappa shape index (κ1) is 16.1. The van der Waals surface area contributed by atoms with Crippen LogP contribution in [0, 0.1) is 5.92 Å². The third-order valence-electron chi connectivity index (χ3n) is 3.02. The van der Waals surface area contributed by atoms with Crippen molar-refractivity contribution in [3.05, 3.63) is 28.2 Å². The van der Waals surface area contributed by atoms with E-state index in [1.165, 1.54) is 21.4 Å². The molecule has 18 heavy (non-hydrogen) atoms. The van der Waals surface area contributed by atoms with Crippen LogP contribution >= 0.6 is 27.7 Å². The molecule has 0 aromatic heterocycles. The quantitative estimate of drug-likeness (QED) is 0.552. The van der Waals surface area contributed by atoms with Gasteiger partial charge in [0, 0.05) is 21.2 Å². The number of benzene rings is 1. The molecule has 102 valence electrons. The fourth-order valence-corrected chi connectivity index (χ4v) is 3.19. The molecule has 0 heterocycles. The average Bonchev–Trinajstić information content (AvgIpc) is 2.32. The minimum Gasteiger partial charge on any atom is -0.313 e. The summed E-state index contributed by atoms with van der Waals surface area (Å²) in [4.78, 5) is 1.40. The van der Waals surface area contributed by atoms with Crippen molar-refractivity contribution in [2.24, 2.45) is 5.92 Å². The summed E-state index contributed by atoms with van der Waals surface area (Å²) in [7, 11) is 0. The van der Waals surface area contributed by atoms with E-state index in [9.17, 15) is 0 Å². The highest BCUT2D eigenvalue weighted by molar-refractivity contribution is 9.10. The van der Waals surface area contributed by atoms with Gasteiger partial charge in [0.1, 0.15) is 0 Å². The molecule has 1 atom stereocenters. The smallest absolute Gasteiger partial charge is 0.0216 e. The molecule has 0 saturated carbocycles. The van der Waals surface area contributed by atoms with Crippen LogP contribution in [0.1, 0.15) is 39.7 Å². The topological polar surface area (TPSA) is 12.0 Å². The Balaban J connectivity index is 2.76. The van der Waals surface area contributed by atoms with E-state index in [-0.39, 0.29) is 0 Å². The lowest BCUT2D eigenvalue weighted by Gasteiger charge is -2.18. The maximum Gasteiger partial charge on any atom is 0.0216 e. The van der Waals surface area contributed by atoms with Gasteiger partial charge in [-0.2, -0.15) is 0 Å². The van der Waals surface area contributed by atoms with Crippen LogP contribution in [0.5, 0.6) is 0 Å². The molecule has 0 aliphatic heterocycles. The van der Waals surface area contributed by atoms with Crippen molar-refractivity contribution in [1.82, 2.24) is 5.32 Å². The van der Waals surface area contributed by atoms with Crippen LogP contribution in [0.3, 0.4) is 0 Å². The molecule has 0 amide bonds. The second-order valence-corrected chi connectivity index (χ2v) is 7.33. The monoisotopic (exact) mass is 329 g/mol. The molecule has 3 heteroatoms. The third kappa shape index (κ3) is 5.33. The molecular weight excluding hydrogens is 306 g/mol. The predicted molar refractivity (Wildman–Crippen MR) is 86.3 cm³/mol. The molecule has 0 aliphatic carbocycles. The number of hydrogen-bond acceptors (Lipinski definition) is 2. The second-order valence-electron chi connectivity index (χ2n) is 5.00. The molecular formula is C15H24BrNS. The second kappa shape index (κ2) is 8.23. The maximum absolute atomic E-state index is 3.57. The molecule has 0 radical (unpaired) electrons. The van der Waals surface area contributed by atoms with Crippen molar-refractivity contribution in [3.8, 4) is 0 Å². The van der Waals surface area contributed by atoms with Crippen LogP contribution in [0.25, 0.3) is 0 Å². The van der Waals surface area contributed by atoms with Gasteiger partial charge < -0.3 is 5.32 Å². The highest BCUT2D eigenvalue weighted by Gasteiger charge is 2.12. The predicted octanol–water partition coefficient (Wildman–Crippen LogP) is 5.09. The summed E-state index contributed by atoms with van der Waals surface area (Å²) in [6.45, 7) is 11.1. The van der Waals surface area contributed by atoms with Crippen molar-refractivity contribution in [3.63, 3.8) is 0 Å². The minimum atomic E-state index is 0.643. The van der Waals surface area contributed by atoms with E-state index < -0.39 is 0 Å². The summed E-state index contributed by atoms with van der Waals surface area (Å²) in [5, 5.41) is 4.13. The van der Waals surface area contributed by atoms with Gasteiger partial charge in [-0.1, -0.05) is 49.7 Å². The van der Waals surface area contributed by atoms with Gasteiger partial charge in [0.05, 0.1) is 0 Å². The van der Waals surface area contributed by atoms with Gasteiger partial charge in [-0.15, -0.1) is 11.8 Å². The zero-order valence-corrected chi connectivity index (χ0v) is 14.2. The Morgan fingerprint density at radius 2 is 2.00 bits per heavy atom. The summed E-state index contributed by atoms with van der Waals surface area (Å²) < 4.78 is 1.17. The Kier molecular flexibility index (Phi) is 7.35. The minimum absolute atomic E-state index is 0.643. The van der Waals surface area contributed by atoms with Crippen LogP contribution in [-0.4, -0.2) is 11.8 Å². The van der Waals surface area contributed by atoms with Crippen molar-refractivity contribution in [2.45, 2.75) is 50.8 Å². The summed E-state index contributed by atoms with van der Waals surface area (Å²) in [6, 6.07) is 6.60.